The number of urea groups is 1. The first-order chi connectivity index (χ1) is 18.5. The molecule has 0 saturated heterocycles. The van der Waals surface area contributed by atoms with Gasteiger partial charge in [0.2, 0.25) is 0 Å². The molecule has 0 saturated carbocycles. The van der Waals surface area contributed by atoms with Crippen LogP contribution in [0, 0.1) is 0 Å². The van der Waals surface area contributed by atoms with Gasteiger partial charge >= 0.3 is 6.03 Å². The number of aromatic hydroxyl groups is 1. The summed E-state index contributed by atoms with van der Waals surface area (Å²) in [5.74, 6) is -3.28. The van der Waals surface area contributed by atoms with E-state index >= 15 is 0 Å². The maximum Gasteiger partial charge on any atom is 0.329 e. The fraction of sp³-hybridized carbons (Fsp3) is 0.259. The van der Waals surface area contributed by atoms with Gasteiger partial charge in [0.05, 0.1) is 12.7 Å². The Morgan fingerprint density at radius 3 is 2.46 bits per heavy atom. The van der Waals surface area contributed by atoms with Crippen LogP contribution in [0.4, 0.5) is 4.79 Å². The fourth-order valence-electron chi connectivity index (χ4n) is 4.87. The van der Waals surface area contributed by atoms with Crippen molar-refractivity contribution in [2.75, 3.05) is 14.2 Å². The van der Waals surface area contributed by atoms with Crippen LogP contribution in [0.5, 0.6) is 23.0 Å². The number of hydrogen-bond donors (Lipinski definition) is 3. The molecule has 2 aromatic carbocycles. The van der Waals surface area contributed by atoms with Crippen LogP contribution in [0.25, 0.3) is 0 Å². The van der Waals surface area contributed by atoms with E-state index in [4.69, 9.17) is 18.9 Å². The van der Waals surface area contributed by atoms with Crippen molar-refractivity contribution in [1.29, 1.82) is 0 Å². The van der Waals surface area contributed by atoms with Gasteiger partial charge in [0.15, 0.2) is 17.3 Å². The van der Waals surface area contributed by atoms with Crippen molar-refractivity contribution in [1.82, 2.24) is 10.2 Å². The van der Waals surface area contributed by atoms with E-state index in [2.05, 4.69) is 5.32 Å². The second-order valence-corrected chi connectivity index (χ2v) is 9.20. The molecule has 1 unspecified atom stereocenters. The number of phenols is 1. The summed E-state index contributed by atoms with van der Waals surface area (Å²) in [6.07, 6.45) is -0.386. The van der Waals surface area contributed by atoms with E-state index in [0.29, 0.717) is 10.6 Å². The van der Waals surface area contributed by atoms with Gasteiger partial charge in [-0.25, -0.2) is 4.79 Å². The van der Waals surface area contributed by atoms with Gasteiger partial charge in [-0.15, -0.1) is 0 Å². The predicted octanol–water partition coefficient (Wildman–Crippen LogP) is 2.59. The van der Waals surface area contributed by atoms with Crippen LogP contribution in [-0.2, 0) is 26.3 Å². The number of methoxy groups -OCH3 is 2. The minimum Gasteiger partial charge on any atom is -0.507 e. The van der Waals surface area contributed by atoms with Crippen LogP contribution in [0.3, 0.4) is 0 Å². The molecule has 1 aliphatic carbocycles. The molecule has 3 aliphatic rings. The molecule has 0 aromatic heterocycles. The van der Waals surface area contributed by atoms with Crippen LogP contribution < -0.4 is 19.5 Å². The lowest BCUT2D eigenvalue weighted by Crippen LogP contribution is -2.54. The molecule has 2 heterocycles. The van der Waals surface area contributed by atoms with E-state index in [1.165, 1.54) is 21.1 Å². The molecule has 0 fully saturated rings. The van der Waals surface area contributed by atoms with Crippen molar-refractivity contribution in [3.63, 3.8) is 0 Å². The Balaban J connectivity index is 1.52. The van der Waals surface area contributed by atoms with Gasteiger partial charge in [0, 0.05) is 25.8 Å². The highest BCUT2D eigenvalue weighted by Gasteiger charge is 2.56. The highest BCUT2D eigenvalue weighted by atomic mass is 16.7. The SMILES string of the molecule is COc1ccc(CNC(=O)N2C(=O)c3c(cc(O)c4c3OC3=CC(O)=C(C(C)=O)C(=O)[C@]34C)OC2OC)cc1. The molecule has 12 nitrogen and oxygen atoms in total. The average molecular weight is 536 g/mol. The summed E-state index contributed by atoms with van der Waals surface area (Å²) in [4.78, 5) is 53.1. The third-order valence-corrected chi connectivity index (χ3v) is 6.88. The van der Waals surface area contributed by atoms with Gasteiger partial charge in [-0.2, -0.15) is 4.90 Å². The van der Waals surface area contributed by atoms with Gasteiger partial charge in [-0.05, 0) is 31.5 Å². The lowest BCUT2D eigenvalue weighted by Gasteiger charge is -2.34. The molecule has 12 heteroatoms. The Morgan fingerprint density at radius 2 is 1.85 bits per heavy atom. The summed E-state index contributed by atoms with van der Waals surface area (Å²) >= 11 is 0. The number of rotatable bonds is 5. The molecule has 2 atom stereocenters. The molecule has 3 N–H and O–H groups in total. The number of carbonyl (C=O) groups excluding carboxylic acids is 4. The third kappa shape index (κ3) is 3.79. The maximum atomic E-state index is 13.7. The minimum absolute atomic E-state index is 0.0678. The van der Waals surface area contributed by atoms with Crippen molar-refractivity contribution >= 4 is 23.5 Å². The zero-order chi connectivity index (χ0) is 28.2. The molecule has 2 aromatic rings. The standard InChI is InChI=1S/C27H24N2O10/c1-12(30)19-15(31)10-18-27(2,23(19)33)21-16(32)9-17-20(22(21)39-18)24(34)29(26(37-4)38-17)25(35)28-11-13-5-7-14(36-3)8-6-13/h5-10,26,31-32H,11H2,1-4H3,(H,28,35)/t26?,27-/m1/s1. The van der Waals surface area contributed by atoms with Crippen LogP contribution in [0.1, 0.15) is 35.3 Å². The Bertz CT molecular complexity index is 1510. The number of benzene rings is 2. The van der Waals surface area contributed by atoms with E-state index in [1.54, 1.807) is 24.3 Å². The lowest BCUT2D eigenvalue weighted by atomic mass is 9.71. The van der Waals surface area contributed by atoms with Crippen LogP contribution >= 0.6 is 0 Å². The number of amides is 3. The molecule has 0 radical (unpaired) electrons. The second-order valence-electron chi connectivity index (χ2n) is 9.20. The van der Waals surface area contributed by atoms with E-state index < -0.39 is 52.4 Å². The Morgan fingerprint density at radius 1 is 1.15 bits per heavy atom. The number of nitrogens with one attached hydrogen (secondary N) is 1. The highest BCUT2D eigenvalue weighted by Crippen LogP contribution is 2.57. The Hall–Kier alpha value is -4.84. The number of phenolic OH excluding ortho intramolecular Hbond substituents is 1. The van der Waals surface area contributed by atoms with E-state index in [-0.39, 0.29) is 34.9 Å². The minimum atomic E-state index is -1.72. The summed E-state index contributed by atoms with van der Waals surface area (Å²) in [6.45, 7) is 2.60. The first kappa shape index (κ1) is 25.8. The first-order valence-electron chi connectivity index (χ1n) is 11.8. The number of carbonyl (C=O) groups is 4. The van der Waals surface area contributed by atoms with E-state index in [9.17, 15) is 29.4 Å². The second kappa shape index (κ2) is 9.17. The topological polar surface area (TPSA) is 161 Å². The molecule has 3 amide bonds. The molecule has 202 valence electrons. The molecular formula is C27H24N2O10. The first-order valence-corrected chi connectivity index (χ1v) is 11.8. The van der Waals surface area contributed by atoms with E-state index in [0.717, 1.165) is 24.6 Å². The lowest BCUT2D eigenvalue weighted by molar-refractivity contribution is -0.129. The van der Waals surface area contributed by atoms with Gasteiger partial charge in [0.25, 0.3) is 12.3 Å². The molecule has 39 heavy (non-hydrogen) atoms. The maximum absolute atomic E-state index is 13.7. The Kier molecular flexibility index (Phi) is 6.06. The summed E-state index contributed by atoms with van der Waals surface area (Å²) in [6, 6.07) is 7.20. The highest BCUT2D eigenvalue weighted by molar-refractivity contribution is 6.26. The molecule has 5 rings (SSSR count). The predicted molar refractivity (Wildman–Crippen MR) is 132 cm³/mol. The zero-order valence-corrected chi connectivity index (χ0v) is 21.4. The quantitative estimate of drug-likeness (QED) is 0.485. The van der Waals surface area contributed by atoms with Crippen LogP contribution in [-0.4, -0.2) is 59.3 Å². The number of nitrogens with zero attached hydrogens (tertiary/aromatic N) is 1. The van der Waals surface area contributed by atoms with E-state index in [1.807, 2.05) is 0 Å². The summed E-state index contributed by atoms with van der Waals surface area (Å²) in [7, 11) is 2.76. The number of ketones is 2. The monoisotopic (exact) mass is 536 g/mol. The normalized spacial score (nSPS) is 21.3. The number of aliphatic hydroxyl groups is 1. The summed E-state index contributed by atoms with van der Waals surface area (Å²) in [5.41, 5.74) is -1.80. The van der Waals surface area contributed by atoms with Crippen molar-refractivity contribution < 1.29 is 48.3 Å². The molecule has 2 aliphatic heterocycles. The number of fused-ring (bicyclic) bond motifs is 5. The van der Waals surface area contributed by atoms with Crippen molar-refractivity contribution in [2.24, 2.45) is 0 Å². The zero-order valence-electron chi connectivity index (χ0n) is 21.4. The van der Waals surface area contributed by atoms with Crippen LogP contribution in [0.15, 0.2) is 53.5 Å². The summed E-state index contributed by atoms with van der Waals surface area (Å²) in [5, 5.41) is 23.9. The van der Waals surface area contributed by atoms with Crippen molar-refractivity contribution in [2.45, 2.75) is 32.2 Å². The number of ether oxygens (including phenoxy) is 4. The third-order valence-electron chi connectivity index (χ3n) is 6.88. The van der Waals surface area contributed by atoms with Gasteiger partial charge in [-0.3, -0.25) is 14.4 Å². The van der Waals surface area contributed by atoms with Gasteiger partial charge in [0.1, 0.15) is 45.3 Å². The number of hydrogen-bond acceptors (Lipinski definition) is 10. The van der Waals surface area contributed by atoms with Crippen LogP contribution in [0.2, 0.25) is 0 Å². The van der Waals surface area contributed by atoms with Gasteiger partial charge in [-0.1, -0.05) is 12.1 Å². The number of imide groups is 1. The Labute approximate surface area is 222 Å². The fourth-order valence-corrected chi connectivity index (χ4v) is 4.87. The largest absolute Gasteiger partial charge is 0.507 e. The number of allylic oxidation sites excluding steroid dienone is 3. The van der Waals surface area contributed by atoms with Gasteiger partial charge < -0.3 is 34.5 Å². The van der Waals surface area contributed by atoms with Crippen molar-refractivity contribution in [3.8, 4) is 23.0 Å². The molecule has 0 spiro atoms. The number of aliphatic hydroxyl groups excluding tert-OH is 1. The smallest absolute Gasteiger partial charge is 0.329 e. The number of Topliss-reactive ketones (excluding diaryl/α,β-unsaturated/α-hetero) is 2. The average Bonchev–Trinajstić information content (AvgIpc) is 3.20. The summed E-state index contributed by atoms with van der Waals surface area (Å²) < 4.78 is 21.9. The molecular weight excluding hydrogens is 512 g/mol. The van der Waals surface area contributed by atoms with Crippen molar-refractivity contribution in [3.05, 3.63) is 70.2 Å². The molecule has 0 bridgehead atoms.